The summed E-state index contributed by atoms with van der Waals surface area (Å²) in [4.78, 5) is 39.4. The largest absolute Gasteiger partial charge is 0.490 e. The minimum absolute atomic E-state index is 0.156. The summed E-state index contributed by atoms with van der Waals surface area (Å²) in [5.41, 5.74) is 2.13. The molecule has 1 saturated heterocycles. The molecule has 3 aromatic rings. The molecule has 10 heteroatoms. The molecule has 1 aliphatic heterocycles. The lowest BCUT2D eigenvalue weighted by Crippen LogP contribution is -2.54. The van der Waals surface area contributed by atoms with Crippen LogP contribution in [0.15, 0.2) is 64.6 Å². The number of para-hydroxylation sites is 1. The Morgan fingerprint density at radius 2 is 1.78 bits per heavy atom. The molecule has 3 aromatic carbocycles. The average Bonchev–Trinajstić information content (AvgIpc) is 2.83. The number of hydrogen-bond acceptors (Lipinski definition) is 5. The van der Waals surface area contributed by atoms with Gasteiger partial charge in [0.05, 0.1) is 16.8 Å². The summed E-state index contributed by atoms with van der Waals surface area (Å²) in [5.74, 6) is -0.697. The van der Waals surface area contributed by atoms with Crippen LogP contribution in [0.1, 0.15) is 23.6 Å². The van der Waals surface area contributed by atoms with Crippen LogP contribution in [-0.2, 0) is 16.2 Å². The number of carbonyl (C=O) groups is 3. The van der Waals surface area contributed by atoms with Crippen molar-refractivity contribution in [3.63, 3.8) is 0 Å². The van der Waals surface area contributed by atoms with Crippen LogP contribution in [0.4, 0.5) is 10.5 Å². The number of nitrogens with one attached hydrogen (secondary N) is 1. The Labute approximate surface area is 232 Å². The van der Waals surface area contributed by atoms with Gasteiger partial charge < -0.3 is 9.47 Å². The number of ether oxygens (including phenoxy) is 2. The zero-order valence-corrected chi connectivity index (χ0v) is 22.9. The van der Waals surface area contributed by atoms with E-state index in [2.05, 4.69) is 21.2 Å². The van der Waals surface area contributed by atoms with Crippen LogP contribution in [0, 0.1) is 6.92 Å². The maximum Gasteiger partial charge on any atom is 0.335 e. The number of amides is 4. The molecule has 4 amide bonds. The summed E-state index contributed by atoms with van der Waals surface area (Å²) in [6.07, 6.45) is 1.41. The van der Waals surface area contributed by atoms with E-state index in [0.717, 1.165) is 10.5 Å². The first-order valence-electron chi connectivity index (χ1n) is 11.2. The molecule has 1 fully saturated rings. The van der Waals surface area contributed by atoms with E-state index in [0.29, 0.717) is 49.4 Å². The highest BCUT2D eigenvalue weighted by Crippen LogP contribution is 2.39. The number of rotatable bonds is 7. The van der Waals surface area contributed by atoms with E-state index in [-0.39, 0.29) is 12.2 Å². The van der Waals surface area contributed by atoms with Crippen LogP contribution in [0.25, 0.3) is 6.08 Å². The van der Waals surface area contributed by atoms with E-state index in [1.54, 1.807) is 61.5 Å². The molecule has 1 aliphatic rings. The van der Waals surface area contributed by atoms with Gasteiger partial charge in [-0.3, -0.25) is 14.9 Å². The standard InChI is InChI=1S/C27H21BrCl2N2O5/c1-3-36-23-12-16(11-20(28)24(23)37-14-17-8-9-18(29)13-21(17)30)10-19-25(33)31-27(35)32(26(19)34)22-7-5-4-6-15(22)2/h4-13H,3,14H2,1-2H3,(H,31,33,35)/b19-10+. The Morgan fingerprint density at radius 3 is 2.49 bits per heavy atom. The van der Waals surface area contributed by atoms with Crippen molar-refractivity contribution in [3.8, 4) is 11.5 Å². The monoisotopic (exact) mass is 602 g/mol. The second kappa shape index (κ2) is 11.4. The van der Waals surface area contributed by atoms with Crippen molar-refractivity contribution in [1.82, 2.24) is 5.32 Å². The topological polar surface area (TPSA) is 84.9 Å². The van der Waals surface area contributed by atoms with E-state index in [9.17, 15) is 14.4 Å². The highest BCUT2D eigenvalue weighted by Gasteiger charge is 2.37. The summed E-state index contributed by atoms with van der Waals surface area (Å²) in [5, 5.41) is 3.23. The Kier molecular flexibility index (Phi) is 8.22. The average molecular weight is 604 g/mol. The van der Waals surface area contributed by atoms with Crippen molar-refractivity contribution in [3.05, 3.63) is 91.4 Å². The molecule has 37 heavy (non-hydrogen) atoms. The number of nitrogens with zero attached hydrogens (tertiary/aromatic N) is 1. The van der Waals surface area contributed by atoms with E-state index in [4.69, 9.17) is 32.7 Å². The maximum atomic E-state index is 13.3. The van der Waals surface area contributed by atoms with Crippen molar-refractivity contribution in [2.45, 2.75) is 20.5 Å². The molecular weight excluding hydrogens is 583 g/mol. The first-order valence-corrected chi connectivity index (χ1v) is 12.7. The number of urea groups is 1. The molecule has 1 N–H and O–H groups in total. The van der Waals surface area contributed by atoms with Gasteiger partial charge in [0.25, 0.3) is 11.8 Å². The van der Waals surface area contributed by atoms with E-state index < -0.39 is 17.8 Å². The van der Waals surface area contributed by atoms with Gasteiger partial charge in [-0.05, 0) is 77.3 Å². The molecular formula is C27H21BrCl2N2O5. The molecule has 0 atom stereocenters. The van der Waals surface area contributed by atoms with E-state index in [1.165, 1.54) is 6.08 Å². The number of anilines is 1. The fourth-order valence-electron chi connectivity index (χ4n) is 3.72. The maximum absolute atomic E-state index is 13.3. The first-order chi connectivity index (χ1) is 17.7. The zero-order chi connectivity index (χ0) is 26.7. The van der Waals surface area contributed by atoms with Crippen LogP contribution in [0.3, 0.4) is 0 Å². The van der Waals surface area contributed by atoms with Gasteiger partial charge in [0.2, 0.25) is 0 Å². The van der Waals surface area contributed by atoms with Crippen LogP contribution < -0.4 is 19.7 Å². The highest BCUT2D eigenvalue weighted by atomic mass is 79.9. The summed E-state index contributed by atoms with van der Waals surface area (Å²) in [6.45, 7) is 4.10. The molecule has 0 radical (unpaired) electrons. The van der Waals surface area contributed by atoms with Gasteiger partial charge in [-0.2, -0.15) is 0 Å². The van der Waals surface area contributed by atoms with Crippen LogP contribution in [0.2, 0.25) is 10.0 Å². The number of halogens is 3. The number of hydrogen-bond donors (Lipinski definition) is 1. The summed E-state index contributed by atoms with van der Waals surface area (Å²) in [7, 11) is 0. The number of carbonyl (C=O) groups excluding carboxylic acids is 3. The van der Waals surface area contributed by atoms with Gasteiger partial charge in [-0.25, -0.2) is 9.69 Å². The van der Waals surface area contributed by atoms with Gasteiger partial charge in [-0.1, -0.05) is 47.5 Å². The molecule has 0 saturated carbocycles. The minimum atomic E-state index is -0.803. The third kappa shape index (κ3) is 5.82. The second-order valence-electron chi connectivity index (χ2n) is 8.03. The molecule has 1 heterocycles. The number of imide groups is 2. The van der Waals surface area contributed by atoms with Crippen LogP contribution in [-0.4, -0.2) is 24.5 Å². The third-order valence-electron chi connectivity index (χ3n) is 5.49. The van der Waals surface area contributed by atoms with E-state index in [1.807, 2.05) is 6.92 Å². The first kappa shape index (κ1) is 26.7. The normalized spacial score (nSPS) is 14.7. The van der Waals surface area contributed by atoms with Crippen LogP contribution >= 0.6 is 39.1 Å². The Morgan fingerprint density at radius 1 is 1.03 bits per heavy atom. The fourth-order valence-corrected chi connectivity index (χ4v) is 4.76. The van der Waals surface area contributed by atoms with Gasteiger partial charge in [0.15, 0.2) is 11.5 Å². The number of benzene rings is 3. The van der Waals surface area contributed by atoms with Gasteiger partial charge in [0.1, 0.15) is 12.2 Å². The molecule has 4 rings (SSSR count). The predicted molar refractivity (Wildman–Crippen MR) is 146 cm³/mol. The van der Waals surface area contributed by atoms with Crippen molar-refractivity contribution in [1.29, 1.82) is 0 Å². The minimum Gasteiger partial charge on any atom is -0.490 e. The quantitative estimate of drug-likeness (QED) is 0.240. The molecule has 0 aromatic heterocycles. The SMILES string of the molecule is CCOc1cc(/C=C2\C(=O)NC(=O)N(c3ccccc3C)C2=O)cc(Br)c1OCc1ccc(Cl)cc1Cl. The van der Waals surface area contributed by atoms with Crippen LogP contribution in [0.5, 0.6) is 11.5 Å². The lowest BCUT2D eigenvalue weighted by molar-refractivity contribution is -0.122. The molecule has 7 nitrogen and oxygen atoms in total. The van der Waals surface area contributed by atoms with Crippen molar-refractivity contribution >= 4 is 68.7 Å². The molecule has 0 aliphatic carbocycles. The summed E-state index contributed by atoms with van der Waals surface area (Å²) < 4.78 is 12.3. The summed E-state index contributed by atoms with van der Waals surface area (Å²) >= 11 is 15.7. The molecule has 0 spiro atoms. The van der Waals surface area contributed by atoms with Crippen molar-refractivity contribution in [2.24, 2.45) is 0 Å². The second-order valence-corrected chi connectivity index (χ2v) is 9.73. The Hall–Kier alpha value is -3.33. The number of aryl methyl sites for hydroxylation is 1. The Bertz CT molecular complexity index is 1440. The molecule has 0 bridgehead atoms. The Balaban J connectivity index is 1.67. The van der Waals surface area contributed by atoms with Crippen molar-refractivity contribution < 1.29 is 23.9 Å². The number of barbiturate groups is 1. The van der Waals surface area contributed by atoms with Crippen molar-refractivity contribution in [2.75, 3.05) is 11.5 Å². The van der Waals surface area contributed by atoms with Gasteiger partial charge in [-0.15, -0.1) is 0 Å². The lowest BCUT2D eigenvalue weighted by atomic mass is 10.1. The lowest BCUT2D eigenvalue weighted by Gasteiger charge is -2.27. The van der Waals surface area contributed by atoms with Gasteiger partial charge in [0, 0.05) is 15.6 Å². The molecule has 0 unspecified atom stereocenters. The zero-order valence-electron chi connectivity index (χ0n) is 19.8. The molecule has 190 valence electrons. The van der Waals surface area contributed by atoms with Gasteiger partial charge >= 0.3 is 6.03 Å². The predicted octanol–water partition coefficient (Wildman–Crippen LogP) is 6.71. The van der Waals surface area contributed by atoms with E-state index >= 15 is 0 Å². The third-order valence-corrected chi connectivity index (χ3v) is 6.66. The summed E-state index contributed by atoms with van der Waals surface area (Å²) in [6, 6.07) is 14.6. The smallest absolute Gasteiger partial charge is 0.335 e. The fraction of sp³-hybridized carbons (Fsp3) is 0.148. The highest BCUT2D eigenvalue weighted by molar-refractivity contribution is 9.10.